The third kappa shape index (κ3) is 7.11. The Kier molecular flexibility index (Phi) is 9.87. The Balaban J connectivity index is 2.80. The van der Waals surface area contributed by atoms with Gasteiger partial charge in [-0.15, -0.1) is 0 Å². The summed E-state index contributed by atoms with van der Waals surface area (Å²) in [6.45, 7) is 3.65. The van der Waals surface area contributed by atoms with Gasteiger partial charge in [0.2, 0.25) is 5.91 Å². The van der Waals surface area contributed by atoms with Crippen molar-refractivity contribution in [2.75, 3.05) is 13.2 Å². The van der Waals surface area contributed by atoms with E-state index in [4.69, 9.17) is 15.7 Å². The molecule has 1 rings (SSSR count). The molecule has 0 radical (unpaired) electrons. The molecule has 1 aromatic carbocycles. The molecular formula is C19H30N2O5. The molecule has 0 bridgehead atoms. The van der Waals surface area contributed by atoms with Gasteiger partial charge in [-0.25, -0.2) is 9.86 Å². The SMILES string of the molecule is CC[C@H](C)C(N)CON(C(=O)CCc1ccccc1)[C@@H](CCO)C(=O)O. The van der Waals surface area contributed by atoms with Crippen molar-refractivity contribution in [3.05, 3.63) is 35.9 Å². The number of hydrogen-bond donors (Lipinski definition) is 3. The maximum atomic E-state index is 12.6. The third-order valence-corrected chi connectivity index (χ3v) is 4.47. The Morgan fingerprint density at radius 2 is 1.92 bits per heavy atom. The van der Waals surface area contributed by atoms with Crippen molar-refractivity contribution in [1.82, 2.24) is 5.06 Å². The maximum Gasteiger partial charge on any atom is 0.329 e. The minimum absolute atomic E-state index is 0.0429. The van der Waals surface area contributed by atoms with E-state index in [1.165, 1.54) is 0 Å². The number of aliphatic hydroxyl groups excluding tert-OH is 1. The number of amides is 1. The predicted molar refractivity (Wildman–Crippen MR) is 98.1 cm³/mol. The molecule has 1 unspecified atom stereocenters. The molecule has 0 aliphatic carbocycles. The smallest absolute Gasteiger partial charge is 0.329 e. The Labute approximate surface area is 154 Å². The van der Waals surface area contributed by atoms with E-state index >= 15 is 0 Å². The highest BCUT2D eigenvalue weighted by Gasteiger charge is 2.31. The van der Waals surface area contributed by atoms with Gasteiger partial charge in [0, 0.05) is 25.5 Å². The second kappa shape index (κ2) is 11.6. The largest absolute Gasteiger partial charge is 0.480 e. The molecule has 0 aromatic heterocycles. The molecule has 1 amide bonds. The van der Waals surface area contributed by atoms with Gasteiger partial charge in [-0.2, -0.15) is 0 Å². The fourth-order valence-electron chi connectivity index (χ4n) is 2.44. The fraction of sp³-hybridized carbons (Fsp3) is 0.579. The van der Waals surface area contributed by atoms with E-state index < -0.39 is 17.9 Å². The summed E-state index contributed by atoms with van der Waals surface area (Å²) in [7, 11) is 0. The molecule has 3 atom stereocenters. The summed E-state index contributed by atoms with van der Waals surface area (Å²) in [5.41, 5.74) is 7.01. The quantitative estimate of drug-likeness (QED) is 0.484. The van der Waals surface area contributed by atoms with Gasteiger partial charge in [-0.05, 0) is 17.9 Å². The number of hydroxylamine groups is 2. The molecule has 26 heavy (non-hydrogen) atoms. The molecule has 0 saturated carbocycles. The van der Waals surface area contributed by atoms with Gasteiger partial charge < -0.3 is 15.9 Å². The van der Waals surface area contributed by atoms with Crippen LogP contribution in [0, 0.1) is 5.92 Å². The average molecular weight is 366 g/mol. The van der Waals surface area contributed by atoms with Crippen LogP contribution in [0.25, 0.3) is 0 Å². The molecule has 0 aliphatic rings. The molecule has 0 saturated heterocycles. The maximum absolute atomic E-state index is 12.6. The number of carboxylic acid groups (broad SMARTS) is 1. The molecule has 7 heteroatoms. The summed E-state index contributed by atoms with van der Waals surface area (Å²) >= 11 is 0. The van der Waals surface area contributed by atoms with Crippen LogP contribution >= 0.6 is 0 Å². The zero-order valence-electron chi connectivity index (χ0n) is 15.5. The summed E-state index contributed by atoms with van der Waals surface area (Å²) in [5.74, 6) is -1.48. The van der Waals surface area contributed by atoms with Gasteiger partial charge in [0.15, 0.2) is 6.04 Å². The zero-order valence-corrected chi connectivity index (χ0v) is 15.5. The van der Waals surface area contributed by atoms with Gasteiger partial charge in [0.05, 0.1) is 6.61 Å². The number of rotatable bonds is 12. The van der Waals surface area contributed by atoms with Crippen molar-refractivity contribution in [1.29, 1.82) is 0 Å². The lowest BCUT2D eigenvalue weighted by Gasteiger charge is -2.29. The van der Waals surface area contributed by atoms with Crippen LogP contribution in [0.3, 0.4) is 0 Å². The molecule has 0 aliphatic heterocycles. The summed E-state index contributed by atoms with van der Waals surface area (Å²) in [5, 5.41) is 19.4. The van der Waals surface area contributed by atoms with Gasteiger partial charge in [0.1, 0.15) is 0 Å². The normalized spacial score (nSPS) is 14.5. The first kappa shape index (κ1) is 22.1. The molecular weight excluding hydrogens is 336 g/mol. The van der Waals surface area contributed by atoms with E-state index in [1.54, 1.807) is 0 Å². The van der Waals surface area contributed by atoms with Crippen LogP contribution in [-0.2, 0) is 20.8 Å². The van der Waals surface area contributed by atoms with E-state index in [0.717, 1.165) is 17.0 Å². The lowest BCUT2D eigenvalue weighted by molar-refractivity contribution is -0.210. The molecule has 0 spiro atoms. The Morgan fingerprint density at radius 3 is 2.46 bits per heavy atom. The van der Waals surface area contributed by atoms with Gasteiger partial charge >= 0.3 is 5.97 Å². The molecule has 146 valence electrons. The van der Waals surface area contributed by atoms with Crippen molar-refractivity contribution < 1.29 is 24.6 Å². The van der Waals surface area contributed by atoms with Crippen molar-refractivity contribution >= 4 is 11.9 Å². The molecule has 0 heterocycles. The van der Waals surface area contributed by atoms with E-state index in [2.05, 4.69) is 0 Å². The number of carboxylic acids is 1. The highest BCUT2D eigenvalue weighted by molar-refractivity contribution is 5.82. The molecule has 1 aromatic rings. The number of aryl methyl sites for hydroxylation is 1. The van der Waals surface area contributed by atoms with Gasteiger partial charge in [0.25, 0.3) is 0 Å². The third-order valence-electron chi connectivity index (χ3n) is 4.47. The van der Waals surface area contributed by atoms with E-state index in [9.17, 15) is 14.7 Å². The number of benzene rings is 1. The number of hydrogen-bond acceptors (Lipinski definition) is 5. The van der Waals surface area contributed by atoms with Gasteiger partial charge in [-0.1, -0.05) is 50.6 Å². The van der Waals surface area contributed by atoms with E-state index in [0.29, 0.717) is 6.42 Å². The average Bonchev–Trinajstić information content (AvgIpc) is 2.65. The minimum atomic E-state index is -1.24. The predicted octanol–water partition coefficient (Wildman–Crippen LogP) is 1.59. The van der Waals surface area contributed by atoms with Crippen LogP contribution in [0.15, 0.2) is 30.3 Å². The summed E-state index contributed by atoms with van der Waals surface area (Å²) in [6, 6.07) is 7.90. The van der Waals surface area contributed by atoms with Crippen molar-refractivity contribution in [3.8, 4) is 0 Å². The minimum Gasteiger partial charge on any atom is -0.480 e. The van der Waals surface area contributed by atoms with Crippen LogP contribution < -0.4 is 5.73 Å². The van der Waals surface area contributed by atoms with Gasteiger partial charge in [-0.3, -0.25) is 9.63 Å². The van der Waals surface area contributed by atoms with Crippen molar-refractivity contribution in [2.24, 2.45) is 11.7 Å². The van der Waals surface area contributed by atoms with Crippen molar-refractivity contribution in [2.45, 2.75) is 51.6 Å². The molecule has 4 N–H and O–H groups in total. The number of aliphatic carboxylic acids is 1. The Bertz CT molecular complexity index is 552. The number of nitrogens with two attached hydrogens (primary N) is 1. The second-order valence-electron chi connectivity index (χ2n) is 6.42. The van der Waals surface area contributed by atoms with Crippen molar-refractivity contribution in [3.63, 3.8) is 0 Å². The number of aliphatic hydroxyl groups is 1. The first-order valence-electron chi connectivity index (χ1n) is 8.98. The van der Waals surface area contributed by atoms with Crippen LogP contribution in [0.4, 0.5) is 0 Å². The second-order valence-corrected chi connectivity index (χ2v) is 6.42. The van der Waals surface area contributed by atoms with Crippen LogP contribution in [0.5, 0.6) is 0 Å². The standard InChI is InChI=1S/C19H30N2O5/c1-3-14(2)16(20)13-26-21(17(11-12-22)19(24)25)18(23)10-9-15-7-5-4-6-8-15/h4-8,14,16-17,22H,3,9-13,20H2,1-2H3,(H,24,25)/t14-,16?,17-/m0/s1. The first-order chi connectivity index (χ1) is 12.4. The summed E-state index contributed by atoms with van der Waals surface area (Å²) < 4.78 is 0. The highest BCUT2D eigenvalue weighted by Crippen LogP contribution is 2.13. The monoisotopic (exact) mass is 366 g/mol. The number of nitrogens with zero attached hydrogens (tertiary/aromatic N) is 1. The summed E-state index contributed by atoms with van der Waals surface area (Å²) in [6.07, 6.45) is 1.33. The van der Waals surface area contributed by atoms with Crippen LogP contribution in [-0.4, -0.2) is 52.5 Å². The highest BCUT2D eigenvalue weighted by atomic mass is 16.7. The number of carbonyl (C=O) groups is 2. The van der Waals surface area contributed by atoms with E-state index in [1.807, 2.05) is 44.2 Å². The zero-order chi connectivity index (χ0) is 19.5. The van der Waals surface area contributed by atoms with Crippen LogP contribution in [0.1, 0.15) is 38.7 Å². The topological polar surface area (TPSA) is 113 Å². The fourth-order valence-corrected chi connectivity index (χ4v) is 2.44. The Morgan fingerprint density at radius 1 is 1.27 bits per heavy atom. The van der Waals surface area contributed by atoms with E-state index in [-0.39, 0.29) is 38.0 Å². The summed E-state index contributed by atoms with van der Waals surface area (Å²) in [4.78, 5) is 29.7. The Hall–Kier alpha value is -1.96. The molecule has 0 fully saturated rings. The lowest BCUT2D eigenvalue weighted by Crippen LogP contribution is -2.48. The van der Waals surface area contributed by atoms with Crippen LogP contribution in [0.2, 0.25) is 0 Å². The first-order valence-corrected chi connectivity index (χ1v) is 8.98. The lowest BCUT2D eigenvalue weighted by atomic mass is 10.0. The molecule has 7 nitrogen and oxygen atoms in total. The number of carbonyl (C=O) groups excluding carboxylic acids is 1.